The predicted molar refractivity (Wildman–Crippen MR) is 83.1 cm³/mol. The van der Waals surface area contributed by atoms with E-state index in [1.165, 1.54) is 0 Å². The molecule has 0 amide bonds. The number of rotatable bonds is 5. The Labute approximate surface area is 125 Å². The number of benzene rings is 1. The molecule has 0 spiro atoms. The zero-order valence-corrected chi connectivity index (χ0v) is 12.7. The third-order valence-corrected chi connectivity index (χ3v) is 3.53. The minimum absolute atomic E-state index is 0.513. The van der Waals surface area contributed by atoms with Crippen molar-refractivity contribution in [2.45, 2.75) is 6.42 Å². The molecule has 1 aromatic heterocycles. The van der Waals surface area contributed by atoms with Gasteiger partial charge in [-0.05, 0) is 30.8 Å². The fourth-order valence-corrected chi connectivity index (χ4v) is 2.47. The van der Waals surface area contributed by atoms with Crippen LogP contribution in [0.1, 0.15) is 6.42 Å². The largest absolute Gasteiger partial charge is 0.385 e. The number of methoxy groups -OCH3 is 1. The van der Waals surface area contributed by atoms with Crippen molar-refractivity contribution in [3.05, 3.63) is 17.2 Å². The molecule has 2 aromatic rings. The fraction of sp³-hybridized carbons (Fsp3) is 0.364. The standard InChI is InChI=1S/C11H13ClN4OS2/c1-17-6-2-5-13-11(18)14-9-7(12)3-4-8-10(9)16-19-15-8/h3-4H,2,5-6H2,1H3,(H2,13,14,18). The Balaban J connectivity index is 2.02. The number of fused-ring (bicyclic) bond motifs is 1. The highest BCUT2D eigenvalue weighted by Crippen LogP contribution is 2.29. The summed E-state index contributed by atoms with van der Waals surface area (Å²) in [6.45, 7) is 1.44. The third-order valence-electron chi connectivity index (χ3n) is 2.43. The highest BCUT2D eigenvalue weighted by atomic mass is 35.5. The molecule has 0 bridgehead atoms. The summed E-state index contributed by atoms with van der Waals surface area (Å²) < 4.78 is 13.4. The minimum atomic E-state index is 0.513. The lowest BCUT2D eigenvalue weighted by atomic mass is 10.2. The van der Waals surface area contributed by atoms with E-state index in [0.29, 0.717) is 22.4 Å². The number of anilines is 1. The molecule has 2 rings (SSSR count). The van der Waals surface area contributed by atoms with Gasteiger partial charge in [-0.25, -0.2) is 0 Å². The van der Waals surface area contributed by atoms with Crippen LogP contribution in [-0.4, -0.2) is 34.1 Å². The van der Waals surface area contributed by atoms with Gasteiger partial charge in [0, 0.05) is 20.3 Å². The van der Waals surface area contributed by atoms with Crippen molar-refractivity contribution >= 4 is 57.4 Å². The molecule has 0 saturated carbocycles. The van der Waals surface area contributed by atoms with Crippen LogP contribution >= 0.6 is 35.5 Å². The van der Waals surface area contributed by atoms with Crippen LogP contribution in [0.5, 0.6) is 0 Å². The Morgan fingerprint density at radius 3 is 3.11 bits per heavy atom. The quantitative estimate of drug-likeness (QED) is 0.653. The Hall–Kier alpha value is -1.02. The number of nitrogens with one attached hydrogen (secondary N) is 2. The maximum atomic E-state index is 6.15. The van der Waals surface area contributed by atoms with Gasteiger partial charge in [0.1, 0.15) is 11.0 Å². The molecule has 0 fully saturated rings. The molecule has 2 N–H and O–H groups in total. The van der Waals surface area contributed by atoms with Crippen molar-refractivity contribution in [1.82, 2.24) is 14.1 Å². The first kappa shape index (κ1) is 14.4. The van der Waals surface area contributed by atoms with Crippen molar-refractivity contribution < 1.29 is 4.74 Å². The Kier molecular flexibility index (Phi) is 5.26. The lowest BCUT2D eigenvalue weighted by Gasteiger charge is -2.11. The van der Waals surface area contributed by atoms with Crippen LogP contribution in [0.2, 0.25) is 5.02 Å². The topological polar surface area (TPSA) is 59.1 Å². The second kappa shape index (κ2) is 6.95. The van der Waals surface area contributed by atoms with E-state index in [0.717, 1.165) is 35.7 Å². The highest BCUT2D eigenvalue weighted by molar-refractivity contribution is 7.80. The summed E-state index contributed by atoms with van der Waals surface area (Å²) in [7, 11) is 1.67. The second-order valence-corrected chi connectivity index (χ2v) is 5.13. The van der Waals surface area contributed by atoms with Gasteiger partial charge < -0.3 is 15.4 Å². The highest BCUT2D eigenvalue weighted by Gasteiger charge is 2.10. The number of hydrogen-bond donors (Lipinski definition) is 2. The minimum Gasteiger partial charge on any atom is -0.385 e. The van der Waals surface area contributed by atoms with Crippen LogP contribution in [0.4, 0.5) is 5.69 Å². The number of aromatic nitrogens is 2. The molecular weight excluding hydrogens is 304 g/mol. The third kappa shape index (κ3) is 3.73. The Morgan fingerprint density at radius 1 is 1.47 bits per heavy atom. The first-order valence-corrected chi connectivity index (χ1v) is 7.18. The maximum absolute atomic E-state index is 6.15. The van der Waals surface area contributed by atoms with Crippen molar-refractivity contribution in [3.8, 4) is 0 Å². The summed E-state index contributed by atoms with van der Waals surface area (Å²) in [5, 5.41) is 7.24. The summed E-state index contributed by atoms with van der Waals surface area (Å²) in [4.78, 5) is 0. The molecule has 1 heterocycles. The maximum Gasteiger partial charge on any atom is 0.170 e. The number of nitrogens with zero attached hydrogens (tertiary/aromatic N) is 2. The van der Waals surface area contributed by atoms with Gasteiger partial charge in [-0.1, -0.05) is 11.6 Å². The van der Waals surface area contributed by atoms with Gasteiger partial charge in [0.25, 0.3) is 0 Å². The zero-order valence-electron chi connectivity index (χ0n) is 10.3. The molecule has 1 aromatic carbocycles. The van der Waals surface area contributed by atoms with Gasteiger partial charge in [-0.3, -0.25) is 0 Å². The molecule has 8 heteroatoms. The van der Waals surface area contributed by atoms with Gasteiger partial charge in [-0.2, -0.15) is 8.75 Å². The number of thiocarbonyl (C=S) groups is 1. The van der Waals surface area contributed by atoms with Crippen LogP contribution in [0, 0.1) is 0 Å². The van der Waals surface area contributed by atoms with E-state index in [1.807, 2.05) is 6.07 Å². The lowest BCUT2D eigenvalue weighted by molar-refractivity contribution is 0.196. The fourth-order valence-electron chi connectivity index (χ4n) is 1.52. The normalized spacial score (nSPS) is 10.6. The van der Waals surface area contributed by atoms with Crippen molar-refractivity contribution in [2.75, 3.05) is 25.6 Å². The van der Waals surface area contributed by atoms with E-state index in [9.17, 15) is 0 Å². The molecule has 0 aliphatic heterocycles. The number of ether oxygens (including phenoxy) is 1. The monoisotopic (exact) mass is 316 g/mol. The summed E-state index contributed by atoms with van der Waals surface area (Å²) in [5.41, 5.74) is 2.23. The van der Waals surface area contributed by atoms with Crippen LogP contribution in [0.3, 0.4) is 0 Å². The molecule has 102 valence electrons. The van der Waals surface area contributed by atoms with Crippen molar-refractivity contribution in [3.63, 3.8) is 0 Å². The van der Waals surface area contributed by atoms with Crippen LogP contribution in [0.25, 0.3) is 11.0 Å². The molecule has 19 heavy (non-hydrogen) atoms. The van der Waals surface area contributed by atoms with Crippen molar-refractivity contribution in [2.24, 2.45) is 0 Å². The summed E-state index contributed by atoms with van der Waals surface area (Å²) in [6.07, 6.45) is 0.883. The number of hydrogen-bond acceptors (Lipinski definition) is 5. The molecule has 0 atom stereocenters. The molecule has 0 unspecified atom stereocenters. The van der Waals surface area contributed by atoms with Crippen LogP contribution in [0.15, 0.2) is 12.1 Å². The van der Waals surface area contributed by atoms with E-state index < -0.39 is 0 Å². The summed E-state index contributed by atoms with van der Waals surface area (Å²) >= 11 is 12.5. The van der Waals surface area contributed by atoms with Gasteiger partial charge in [0.15, 0.2) is 5.11 Å². The second-order valence-electron chi connectivity index (χ2n) is 3.78. The average Bonchev–Trinajstić information content (AvgIpc) is 2.87. The Bertz CT molecular complexity index is 575. The van der Waals surface area contributed by atoms with Crippen LogP contribution < -0.4 is 10.6 Å². The smallest absolute Gasteiger partial charge is 0.170 e. The molecule has 0 aliphatic carbocycles. The van der Waals surface area contributed by atoms with Crippen LogP contribution in [-0.2, 0) is 4.74 Å². The number of halogens is 1. The SMILES string of the molecule is COCCCNC(=S)Nc1c(Cl)ccc2nsnc12. The Morgan fingerprint density at radius 2 is 2.32 bits per heavy atom. The molecule has 0 saturated heterocycles. The first-order chi connectivity index (χ1) is 9.22. The summed E-state index contributed by atoms with van der Waals surface area (Å²) in [6, 6.07) is 3.61. The predicted octanol–water partition coefficient (Wildman–Crippen LogP) is 2.67. The van der Waals surface area contributed by atoms with E-state index in [4.69, 9.17) is 28.6 Å². The zero-order chi connectivity index (χ0) is 13.7. The van der Waals surface area contributed by atoms with Gasteiger partial charge in [-0.15, -0.1) is 0 Å². The van der Waals surface area contributed by atoms with Gasteiger partial charge >= 0.3 is 0 Å². The molecule has 5 nitrogen and oxygen atoms in total. The van der Waals surface area contributed by atoms with E-state index >= 15 is 0 Å². The molecular formula is C11H13ClN4OS2. The lowest BCUT2D eigenvalue weighted by Crippen LogP contribution is -2.30. The van der Waals surface area contributed by atoms with E-state index in [2.05, 4.69) is 19.4 Å². The van der Waals surface area contributed by atoms with E-state index in [-0.39, 0.29) is 0 Å². The first-order valence-electron chi connectivity index (χ1n) is 5.67. The molecule has 0 aliphatic rings. The van der Waals surface area contributed by atoms with Gasteiger partial charge in [0.05, 0.1) is 22.4 Å². The van der Waals surface area contributed by atoms with Crippen molar-refractivity contribution in [1.29, 1.82) is 0 Å². The van der Waals surface area contributed by atoms with E-state index in [1.54, 1.807) is 13.2 Å². The molecule has 0 radical (unpaired) electrons. The summed E-state index contributed by atoms with van der Waals surface area (Å²) in [5.74, 6) is 0. The average molecular weight is 317 g/mol. The van der Waals surface area contributed by atoms with Gasteiger partial charge in [0.2, 0.25) is 0 Å².